The number of carbonyl (C=O) groups is 2. The summed E-state index contributed by atoms with van der Waals surface area (Å²) in [6, 6.07) is 17.0. The van der Waals surface area contributed by atoms with Gasteiger partial charge in [-0.2, -0.15) is 0 Å². The van der Waals surface area contributed by atoms with E-state index in [2.05, 4.69) is 10.3 Å². The Morgan fingerprint density at radius 2 is 1.81 bits per heavy atom. The van der Waals surface area contributed by atoms with Gasteiger partial charge < -0.3 is 10.2 Å². The SMILES string of the molecule is Cc1cccc(NC(=O)c2cncc(C(=O)N3CCc4ccccc43)c2)c1. The molecule has 0 unspecified atom stereocenters. The Bertz CT molecular complexity index is 1030. The summed E-state index contributed by atoms with van der Waals surface area (Å²) in [5, 5.41) is 2.85. The van der Waals surface area contributed by atoms with Crippen LogP contribution in [0.2, 0.25) is 0 Å². The number of anilines is 2. The summed E-state index contributed by atoms with van der Waals surface area (Å²) in [4.78, 5) is 31.3. The fourth-order valence-corrected chi connectivity index (χ4v) is 3.31. The standard InChI is InChI=1S/C22H19N3O2/c1-15-5-4-7-19(11-15)24-21(26)17-12-18(14-23-13-17)22(27)25-10-9-16-6-2-3-8-20(16)25/h2-8,11-14H,9-10H2,1H3,(H,24,26). The quantitative estimate of drug-likeness (QED) is 0.774. The molecule has 2 amide bonds. The smallest absolute Gasteiger partial charge is 0.259 e. The topological polar surface area (TPSA) is 62.3 Å². The van der Waals surface area contributed by atoms with E-state index in [1.54, 1.807) is 11.0 Å². The molecule has 0 aliphatic carbocycles. The van der Waals surface area contributed by atoms with E-state index in [-0.39, 0.29) is 11.8 Å². The number of aryl methyl sites for hydroxylation is 1. The Morgan fingerprint density at radius 3 is 2.67 bits per heavy atom. The van der Waals surface area contributed by atoms with E-state index >= 15 is 0 Å². The molecule has 0 fully saturated rings. The van der Waals surface area contributed by atoms with Crippen LogP contribution in [0.5, 0.6) is 0 Å². The Morgan fingerprint density at radius 1 is 1.00 bits per heavy atom. The van der Waals surface area contributed by atoms with Gasteiger partial charge in [0.05, 0.1) is 11.1 Å². The zero-order valence-corrected chi connectivity index (χ0v) is 15.0. The molecule has 1 N–H and O–H groups in total. The highest BCUT2D eigenvalue weighted by Crippen LogP contribution is 2.28. The van der Waals surface area contributed by atoms with Crippen molar-refractivity contribution in [1.82, 2.24) is 4.98 Å². The lowest BCUT2D eigenvalue weighted by Crippen LogP contribution is -2.29. The van der Waals surface area contributed by atoms with E-state index in [4.69, 9.17) is 0 Å². The number of benzene rings is 2. The number of aromatic nitrogens is 1. The van der Waals surface area contributed by atoms with E-state index in [1.165, 1.54) is 12.4 Å². The molecule has 0 saturated carbocycles. The molecular weight excluding hydrogens is 338 g/mol. The molecule has 0 saturated heterocycles. The third-order valence-corrected chi connectivity index (χ3v) is 4.66. The van der Waals surface area contributed by atoms with Gasteiger partial charge in [-0.1, -0.05) is 30.3 Å². The van der Waals surface area contributed by atoms with Crippen LogP contribution >= 0.6 is 0 Å². The Balaban J connectivity index is 1.56. The number of rotatable bonds is 3. The lowest BCUT2D eigenvalue weighted by atomic mass is 10.1. The van der Waals surface area contributed by atoms with Gasteiger partial charge in [0.2, 0.25) is 0 Å². The number of nitrogens with zero attached hydrogens (tertiary/aromatic N) is 2. The maximum Gasteiger partial charge on any atom is 0.259 e. The van der Waals surface area contributed by atoms with Gasteiger partial charge in [0.15, 0.2) is 0 Å². The highest BCUT2D eigenvalue weighted by molar-refractivity contribution is 6.10. The van der Waals surface area contributed by atoms with Gasteiger partial charge >= 0.3 is 0 Å². The maximum atomic E-state index is 12.9. The molecule has 0 bridgehead atoms. The Kier molecular flexibility index (Phi) is 4.42. The monoisotopic (exact) mass is 357 g/mol. The Labute approximate surface area is 157 Å². The average molecular weight is 357 g/mol. The van der Waals surface area contributed by atoms with Crippen molar-refractivity contribution in [2.75, 3.05) is 16.8 Å². The van der Waals surface area contributed by atoms with Gasteiger partial charge in [-0.05, 0) is 48.7 Å². The summed E-state index contributed by atoms with van der Waals surface area (Å²) in [6.07, 6.45) is 3.81. The van der Waals surface area contributed by atoms with Gasteiger partial charge in [-0.15, -0.1) is 0 Å². The Hall–Kier alpha value is -3.47. The van der Waals surface area contributed by atoms with Crippen LogP contribution < -0.4 is 10.2 Å². The van der Waals surface area contributed by atoms with Crippen LogP contribution in [0.15, 0.2) is 67.0 Å². The van der Waals surface area contributed by atoms with E-state index in [9.17, 15) is 9.59 Å². The summed E-state index contributed by atoms with van der Waals surface area (Å²) in [5.41, 5.74) is 4.62. The molecule has 1 aliphatic heterocycles. The number of pyridine rings is 1. The first kappa shape index (κ1) is 17.0. The van der Waals surface area contributed by atoms with Crippen molar-refractivity contribution in [2.24, 2.45) is 0 Å². The molecule has 1 aromatic heterocycles. The van der Waals surface area contributed by atoms with Crippen LogP contribution in [0.1, 0.15) is 31.8 Å². The first-order valence-electron chi connectivity index (χ1n) is 8.85. The molecular formula is C22H19N3O2. The second-order valence-electron chi connectivity index (χ2n) is 6.62. The largest absolute Gasteiger partial charge is 0.322 e. The fourth-order valence-electron chi connectivity index (χ4n) is 3.31. The van der Waals surface area contributed by atoms with E-state index < -0.39 is 0 Å². The molecule has 1 aliphatic rings. The average Bonchev–Trinajstić information content (AvgIpc) is 3.11. The van der Waals surface area contributed by atoms with Crippen molar-refractivity contribution in [3.8, 4) is 0 Å². The van der Waals surface area contributed by atoms with Crippen LogP contribution in [0.3, 0.4) is 0 Å². The predicted octanol–water partition coefficient (Wildman–Crippen LogP) is 3.85. The highest BCUT2D eigenvalue weighted by Gasteiger charge is 2.25. The maximum absolute atomic E-state index is 12.9. The number of fused-ring (bicyclic) bond motifs is 1. The van der Waals surface area contributed by atoms with Gasteiger partial charge in [0, 0.05) is 30.3 Å². The molecule has 2 aromatic carbocycles. The molecule has 2 heterocycles. The normalized spacial score (nSPS) is 12.6. The fraction of sp³-hybridized carbons (Fsp3) is 0.136. The van der Waals surface area contributed by atoms with Crippen molar-refractivity contribution < 1.29 is 9.59 Å². The molecule has 5 heteroatoms. The number of amides is 2. The predicted molar refractivity (Wildman–Crippen MR) is 105 cm³/mol. The number of para-hydroxylation sites is 1. The number of carbonyl (C=O) groups excluding carboxylic acids is 2. The highest BCUT2D eigenvalue weighted by atomic mass is 16.2. The lowest BCUT2D eigenvalue weighted by molar-refractivity contribution is 0.0989. The first-order valence-corrected chi connectivity index (χ1v) is 8.85. The summed E-state index contributed by atoms with van der Waals surface area (Å²) in [7, 11) is 0. The first-order chi connectivity index (χ1) is 13.1. The van der Waals surface area contributed by atoms with Crippen LogP contribution in [-0.2, 0) is 6.42 Å². The van der Waals surface area contributed by atoms with E-state index in [1.807, 2.05) is 55.5 Å². The van der Waals surface area contributed by atoms with Crippen molar-refractivity contribution in [3.05, 3.63) is 89.2 Å². The van der Waals surface area contributed by atoms with Crippen LogP contribution in [0, 0.1) is 6.92 Å². The number of hydrogen-bond acceptors (Lipinski definition) is 3. The van der Waals surface area contributed by atoms with Crippen molar-refractivity contribution >= 4 is 23.2 Å². The summed E-state index contributed by atoms with van der Waals surface area (Å²) in [6.45, 7) is 2.60. The summed E-state index contributed by atoms with van der Waals surface area (Å²) in [5.74, 6) is -0.428. The molecule has 5 nitrogen and oxygen atoms in total. The summed E-state index contributed by atoms with van der Waals surface area (Å²) >= 11 is 0. The van der Waals surface area contributed by atoms with Gasteiger partial charge in [0.25, 0.3) is 11.8 Å². The van der Waals surface area contributed by atoms with E-state index in [0.717, 1.165) is 23.2 Å². The van der Waals surface area contributed by atoms with Crippen molar-refractivity contribution in [1.29, 1.82) is 0 Å². The van der Waals surface area contributed by atoms with Crippen LogP contribution in [-0.4, -0.2) is 23.3 Å². The summed E-state index contributed by atoms with van der Waals surface area (Å²) < 4.78 is 0. The minimum absolute atomic E-state index is 0.141. The molecule has 134 valence electrons. The molecule has 3 aromatic rings. The second kappa shape index (κ2) is 7.03. The molecule has 0 radical (unpaired) electrons. The number of hydrogen-bond donors (Lipinski definition) is 1. The van der Waals surface area contributed by atoms with Gasteiger partial charge in [0.1, 0.15) is 0 Å². The third kappa shape index (κ3) is 3.44. The molecule has 0 atom stereocenters. The van der Waals surface area contributed by atoms with Crippen molar-refractivity contribution in [3.63, 3.8) is 0 Å². The minimum atomic E-state index is -0.287. The number of nitrogens with one attached hydrogen (secondary N) is 1. The third-order valence-electron chi connectivity index (χ3n) is 4.66. The second-order valence-corrected chi connectivity index (χ2v) is 6.62. The zero-order chi connectivity index (χ0) is 18.8. The zero-order valence-electron chi connectivity index (χ0n) is 15.0. The molecule has 0 spiro atoms. The van der Waals surface area contributed by atoms with Gasteiger partial charge in [-0.25, -0.2) is 0 Å². The van der Waals surface area contributed by atoms with Gasteiger partial charge in [-0.3, -0.25) is 14.6 Å². The minimum Gasteiger partial charge on any atom is -0.322 e. The molecule has 27 heavy (non-hydrogen) atoms. The van der Waals surface area contributed by atoms with Crippen molar-refractivity contribution in [2.45, 2.75) is 13.3 Å². The lowest BCUT2D eigenvalue weighted by Gasteiger charge is -2.17. The van der Waals surface area contributed by atoms with Crippen LogP contribution in [0.4, 0.5) is 11.4 Å². The van der Waals surface area contributed by atoms with Crippen LogP contribution in [0.25, 0.3) is 0 Å². The van der Waals surface area contributed by atoms with E-state index in [0.29, 0.717) is 23.4 Å². The molecule has 4 rings (SSSR count).